The van der Waals surface area contributed by atoms with Crippen molar-refractivity contribution in [2.75, 3.05) is 6.61 Å². The Bertz CT molecular complexity index is 770. The van der Waals surface area contributed by atoms with Crippen LogP contribution < -0.4 is 4.74 Å². The van der Waals surface area contributed by atoms with Crippen LogP contribution in [0.3, 0.4) is 0 Å². The number of aromatic nitrogens is 1. The number of carbonyl (C=O) groups is 1. The molecule has 2 rings (SSSR count). The van der Waals surface area contributed by atoms with Gasteiger partial charge in [-0.2, -0.15) is 0 Å². The van der Waals surface area contributed by atoms with Crippen LogP contribution in [0, 0.1) is 23.0 Å². The van der Waals surface area contributed by atoms with Gasteiger partial charge >= 0.3 is 145 Å². The van der Waals surface area contributed by atoms with E-state index in [-0.39, 0.29) is 15.9 Å². The Morgan fingerprint density at radius 2 is 2.17 bits per heavy atom. The molecule has 0 fully saturated rings. The molecule has 0 aliphatic carbocycles. The van der Waals surface area contributed by atoms with Crippen LogP contribution in [0.25, 0.3) is 10.1 Å². The Balaban J connectivity index is 2.33. The van der Waals surface area contributed by atoms with E-state index in [9.17, 15) is 14.9 Å². The maximum absolute atomic E-state index is 11.3. The number of nitro benzene ring substituents is 1. The third-order valence-corrected chi connectivity index (χ3v) is 5.85. The molecule has 0 radical (unpaired) electrons. The third kappa shape index (κ3) is 4.21. The van der Waals surface area contributed by atoms with Gasteiger partial charge in [0.2, 0.25) is 0 Å². The first-order valence-electron chi connectivity index (χ1n) is 7.42. The number of aromatic carboxylic acids is 1. The molecule has 0 unspecified atom stereocenters. The number of hydrogen-bond donors (Lipinski definition) is 1. The normalized spacial score (nSPS) is 10.8. The molecule has 0 amide bonds. The molecule has 0 saturated heterocycles. The molecule has 0 atom stereocenters. The number of carboxylic acids is 1. The van der Waals surface area contributed by atoms with Crippen LogP contribution in [0.4, 0.5) is 5.69 Å². The Morgan fingerprint density at radius 1 is 1.46 bits per heavy atom. The minimum atomic E-state index is -0.991. The number of carboxylic acid groups (broad SMARTS) is 1. The van der Waals surface area contributed by atoms with Crippen molar-refractivity contribution in [3.05, 3.63) is 38.4 Å². The summed E-state index contributed by atoms with van der Waals surface area (Å²) in [5, 5.41) is 20.4. The Kier molecular flexibility index (Phi) is 5.75. The van der Waals surface area contributed by atoms with Crippen LogP contribution in [0.5, 0.6) is 5.75 Å². The SMILES string of the molecule is Cc1nc(-c2ccc(OCCC(C)C)c([N+](=O)[O-])c2)[se]c1C(=O)O. The molecular formula is C16H18N2O5Se. The molecule has 0 spiro atoms. The predicted molar refractivity (Wildman–Crippen MR) is 89.9 cm³/mol. The topological polar surface area (TPSA) is 103 Å². The summed E-state index contributed by atoms with van der Waals surface area (Å²) < 4.78 is 6.38. The van der Waals surface area contributed by atoms with Gasteiger partial charge in [0.1, 0.15) is 0 Å². The summed E-state index contributed by atoms with van der Waals surface area (Å²) in [7, 11) is 0. The van der Waals surface area contributed by atoms with Gasteiger partial charge in [-0.15, -0.1) is 0 Å². The van der Waals surface area contributed by atoms with E-state index in [0.29, 0.717) is 28.4 Å². The van der Waals surface area contributed by atoms with E-state index in [0.717, 1.165) is 6.42 Å². The summed E-state index contributed by atoms with van der Waals surface area (Å²) in [6.45, 7) is 6.15. The number of nitrogens with zero attached hydrogens (tertiary/aromatic N) is 2. The van der Waals surface area contributed by atoms with Gasteiger partial charge in [0, 0.05) is 0 Å². The predicted octanol–water partition coefficient (Wildman–Crippen LogP) is 3.15. The molecule has 0 aliphatic rings. The molecule has 0 saturated carbocycles. The van der Waals surface area contributed by atoms with E-state index in [2.05, 4.69) is 18.8 Å². The van der Waals surface area contributed by atoms with Gasteiger partial charge in [0.15, 0.2) is 0 Å². The van der Waals surface area contributed by atoms with E-state index >= 15 is 0 Å². The van der Waals surface area contributed by atoms with Gasteiger partial charge in [-0.25, -0.2) is 0 Å². The number of nitro groups is 1. The Hall–Kier alpha value is -2.18. The second-order valence-electron chi connectivity index (χ2n) is 5.71. The van der Waals surface area contributed by atoms with Crippen molar-refractivity contribution in [2.24, 2.45) is 5.92 Å². The van der Waals surface area contributed by atoms with Gasteiger partial charge in [-0.1, -0.05) is 0 Å². The van der Waals surface area contributed by atoms with Crippen molar-refractivity contribution in [3.63, 3.8) is 0 Å². The first kappa shape index (κ1) is 18.2. The zero-order chi connectivity index (χ0) is 17.9. The average Bonchev–Trinajstić information content (AvgIpc) is 2.89. The number of hydrogen-bond acceptors (Lipinski definition) is 5. The summed E-state index contributed by atoms with van der Waals surface area (Å²) in [4.78, 5) is 26.2. The number of rotatable bonds is 7. The molecule has 8 heteroatoms. The van der Waals surface area contributed by atoms with Crippen molar-refractivity contribution in [3.8, 4) is 15.9 Å². The summed E-state index contributed by atoms with van der Waals surface area (Å²) in [6, 6.07) is 4.65. The Morgan fingerprint density at radius 3 is 2.71 bits per heavy atom. The zero-order valence-electron chi connectivity index (χ0n) is 13.6. The van der Waals surface area contributed by atoms with Crippen LogP contribution in [0.15, 0.2) is 18.2 Å². The summed E-state index contributed by atoms with van der Waals surface area (Å²) in [5.74, 6) is -0.324. The summed E-state index contributed by atoms with van der Waals surface area (Å²) in [5.41, 5.74) is 0.891. The Labute approximate surface area is 145 Å². The molecule has 1 N–H and O–H groups in total. The van der Waals surface area contributed by atoms with E-state index in [1.807, 2.05) is 0 Å². The fourth-order valence-electron chi connectivity index (χ4n) is 2.04. The van der Waals surface area contributed by atoms with Crippen LogP contribution in [0.2, 0.25) is 0 Å². The second kappa shape index (κ2) is 7.59. The van der Waals surface area contributed by atoms with Crippen LogP contribution in [-0.4, -0.2) is 42.1 Å². The molecule has 1 aromatic heterocycles. The van der Waals surface area contributed by atoms with E-state index in [1.165, 1.54) is 6.07 Å². The number of benzene rings is 1. The second-order valence-corrected chi connectivity index (χ2v) is 7.81. The monoisotopic (exact) mass is 398 g/mol. The fourth-order valence-corrected chi connectivity index (χ4v) is 3.93. The molecular weight excluding hydrogens is 379 g/mol. The molecule has 128 valence electrons. The van der Waals surface area contributed by atoms with Crippen LogP contribution in [0.1, 0.15) is 35.2 Å². The number of aryl methyl sites for hydroxylation is 1. The quantitative estimate of drug-likeness (QED) is 0.437. The third-order valence-electron chi connectivity index (χ3n) is 3.35. The molecule has 0 aliphatic heterocycles. The van der Waals surface area contributed by atoms with Crippen molar-refractivity contribution in [1.29, 1.82) is 0 Å². The minimum absolute atomic E-state index is 0.129. The van der Waals surface area contributed by atoms with Crippen molar-refractivity contribution >= 4 is 26.2 Å². The van der Waals surface area contributed by atoms with E-state index in [1.54, 1.807) is 19.1 Å². The molecule has 7 nitrogen and oxygen atoms in total. The molecule has 2 aromatic rings. The average molecular weight is 397 g/mol. The maximum atomic E-state index is 11.3. The van der Waals surface area contributed by atoms with Crippen LogP contribution in [-0.2, 0) is 0 Å². The van der Waals surface area contributed by atoms with Gasteiger partial charge in [0.05, 0.1) is 0 Å². The van der Waals surface area contributed by atoms with Gasteiger partial charge in [-0.3, -0.25) is 0 Å². The van der Waals surface area contributed by atoms with Crippen LogP contribution >= 0.6 is 0 Å². The zero-order valence-corrected chi connectivity index (χ0v) is 15.3. The fraction of sp³-hybridized carbons (Fsp3) is 0.375. The van der Waals surface area contributed by atoms with Crippen molar-refractivity contribution in [1.82, 2.24) is 4.98 Å². The standard InChI is InChI=1S/C16H18N2O5Se/c1-9(2)6-7-23-13-5-4-11(8-12(13)18(21)22)15-17-10(3)14(24-15)16(19)20/h4-5,8-9H,6-7H2,1-3H3,(H,19,20). The first-order valence-corrected chi connectivity index (χ1v) is 9.13. The van der Waals surface area contributed by atoms with Gasteiger partial charge in [-0.05, 0) is 0 Å². The summed E-state index contributed by atoms with van der Waals surface area (Å²) >= 11 is -0.468. The van der Waals surface area contributed by atoms with Crippen molar-refractivity contribution < 1.29 is 19.6 Å². The molecule has 24 heavy (non-hydrogen) atoms. The van der Waals surface area contributed by atoms with Crippen molar-refractivity contribution in [2.45, 2.75) is 27.2 Å². The van der Waals surface area contributed by atoms with E-state index in [4.69, 9.17) is 9.84 Å². The van der Waals surface area contributed by atoms with Gasteiger partial charge < -0.3 is 0 Å². The first-order chi connectivity index (χ1) is 11.3. The molecule has 1 aromatic carbocycles. The molecule has 0 bridgehead atoms. The summed E-state index contributed by atoms with van der Waals surface area (Å²) in [6.07, 6.45) is 0.805. The van der Waals surface area contributed by atoms with E-state index < -0.39 is 25.4 Å². The molecule has 1 heterocycles. The van der Waals surface area contributed by atoms with Gasteiger partial charge in [0.25, 0.3) is 0 Å². The number of ether oxygens (including phenoxy) is 1.